The third-order valence-electron chi connectivity index (χ3n) is 5.79. The van der Waals surface area contributed by atoms with Crippen LogP contribution in [0.15, 0.2) is 36.4 Å². The first-order valence-electron chi connectivity index (χ1n) is 8.41. The molecular formula is C20H18FNO3. The number of ether oxygens (including phenoxy) is 1. The van der Waals surface area contributed by atoms with Gasteiger partial charge in [0, 0.05) is 10.8 Å². The van der Waals surface area contributed by atoms with E-state index in [-0.39, 0.29) is 17.6 Å². The Balaban J connectivity index is 1.87. The van der Waals surface area contributed by atoms with E-state index in [2.05, 4.69) is 0 Å². The van der Waals surface area contributed by atoms with Crippen LogP contribution in [0.4, 0.5) is 4.39 Å². The fourth-order valence-corrected chi connectivity index (χ4v) is 4.66. The molecule has 1 fully saturated rings. The summed E-state index contributed by atoms with van der Waals surface area (Å²) in [4.78, 5) is 0. The Morgan fingerprint density at radius 2 is 1.48 bits per heavy atom. The predicted octanol–water partition coefficient (Wildman–Crippen LogP) is 4.44. The van der Waals surface area contributed by atoms with Gasteiger partial charge in [0.1, 0.15) is 5.82 Å². The van der Waals surface area contributed by atoms with E-state index in [0.29, 0.717) is 27.6 Å². The van der Waals surface area contributed by atoms with Crippen LogP contribution in [0.25, 0.3) is 16.5 Å². The molecule has 5 rings (SSSR count). The SMILES string of the molecule is C[C@]12CC[C@](C)(O1)c1c2c(O)n(-c2cccc3c(F)cccc23)c1O. The molecule has 2 N–H and O–H groups in total. The van der Waals surface area contributed by atoms with Gasteiger partial charge in [-0.3, -0.25) is 4.57 Å². The average molecular weight is 339 g/mol. The van der Waals surface area contributed by atoms with Crippen LogP contribution in [-0.4, -0.2) is 14.8 Å². The minimum absolute atomic E-state index is 0.0322. The lowest BCUT2D eigenvalue weighted by Gasteiger charge is -2.21. The number of benzene rings is 2. The zero-order chi connectivity index (χ0) is 17.6. The highest BCUT2D eigenvalue weighted by Gasteiger charge is 2.59. The van der Waals surface area contributed by atoms with E-state index in [1.54, 1.807) is 30.3 Å². The molecular weight excluding hydrogens is 321 g/mol. The van der Waals surface area contributed by atoms with Gasteiger partial charge in [-0.15, -0.1) is 0 Å². The summed E-state index contributed by atoms with van der Waals surface area (Å²) in [6.45, 7) is 3.88. The molecule has 2 atom stereocenters. The van der Waals surface area contributed by atoms with E-state index in [0.717, 1.165) is 12.8 Å². The summed E-state index contributed by atoms with van der Waals surface area (Å²) in [5.74, 6) is -0.397. The van der Waals surface area contributed by atoms with E-state index >= 15 is 0 Å². The van der Waals surface area contributed by atoms with E-state index in [4.69, 9.17) is 4.74 Å². The van der Waals surface area contributed by atoms with Crippen molar-refractivity contribution in [3.05, 3.63) is 53.3 Å². The first kappa shape index (κ1) is 14.8. The van der Waals surface area contributed by atoms with Crippen LogP contribution >= 0.6 is 0 Å². The second kappa shape index (κ2) is 4.35. The number of aromatic nitrogens is 1. The van der Waals surface area contributed by atoms with Crippen LogP contribution in [-0.2, 0) is 15.9 Å². The molecule has 2 aliphatic rings. The number of fused-ring (bicyclic) bond motifs is 6. The molecule has 2 aliphatic heterocycles. The van der Waals surface area contributed by atoms with Gasteiger partial charge in [-0.2, -0.15) is 0 Å². The Hall–Kier alpha value is -2.53. The number of rotatable bonds is 1. The zero-order valence-electron chi connectivity index (χ0n) is 14.0. The molecule has 2 bridgehead atoms. The minimum Gasteiger partial charge on any atom is -0.494 e. The van der Waals surface area contributed by atoms with Crippen molar-refractivity contribution in [2.45, 2.75) is 37.9 Å². The predicted molar refractivity (Wildman–Crippen MR) is 91.6 cm³/mol. The zero-order valence-corrected chi connectivity index (χ0v) is 14.0. The van der Waals surface area contributed by atoms with Gasteiger partial charge in [0.15, 0.2) is 0 Å². The first-order chi connectivity index (χ1) is 11.9. The standard InChI is InChI=1S/C20H18FNO3/c1-19-9-10-20(2,25-19)16-15(19)17(23)22(18(16)24)14-8-4-5-11-12(14)6-3-7-13(11)21/h3-8,23-24H,9-10H2,1-2H3/t19-,20+. The molecule has 128 valence electrons. The molecule has 0 radical (unpaired) electrons. The lowest BCUT2D eigenvalue weighted by Crippen LogP contribution is -2.17. The van der Waals surface area contributed by atoms with Crippen LogP contribution in [0.3, 0.4) is 0 Å². The molecule has 0 aliphatic carbocycles. The summed E-state index contributed by atoms with van der Waals surface area (Å²) < 4.78 is 21.7. The van der Waals surface area contributed by atoms with E-state index < -0.39 is 11.2 Å². The highest BCUT2D eigenvalue weighted by Crippen LogP contribution is 2.64. The summed E-state index contributed by atoms with van der Waals surface area (Å²) in [6.07, 6.45) is 1.58. The summed E-state index contributed by atoms with van der Waals surface area (Å²) in [7, 11) is 0. The highest BCUT2D eigenvalue weighted by atomic mass is 19.1. The summed E-state index contributed by atoms with van der Waals surface area (Å²) in [5, 5.41) is 23.0. The van der Waals surface area contributed by atoms with Crippen LogP contribution in [0, 0.1) is 5.82 Å². The van der Waals surface area contributed by atoms with Crippen LogP contribution < -0.4 is 0 Å². The largest absolute Gasteiger partial charge is 0.494 e. The second-order valence-electron chi connectivity index (χ2n) is 7.41. The van der Waals surface area contributed by atoms with Crippen molar-refractivity contribution in [1.29, 1.82) is 0 Å². The molecule has 3 aromatic rings. The number of hydrogen-bond donors (Lipinski definition) is 2. The first-order valence-corrected chi connectivity index (χ1v) is 8.41. The van der Waals surface area contributed by atoms with Gasteiger partial charge < -0.3 is 14.9 Å². The molecule has 4 nitrogen and oxygen atoms in total. The van der Waals surface area contributed by atoms with Crippen molar-refractivity contribution in [2.24, 2.45) is 0 Å². The molecule has 0 saturated carbocycles. The maximum absolute atomic E-state index is 14.1. The third-order valence-corrected chi connectivity index (χ3v) is 5.79. The quantitative estimate of drug-likeness (QED) is 0.689. The lowest BCUT2D eigenvalue weighted by molar-refractivity contribution is -0.0683. The van der Waals surface area contributed by atoms with Gasteiger partial charge in [0.25, 0.3) is 0 Å². The smallest absolute Gasteiger partial charge is 0.205 e. The molecule has 0 unspecified atom stereocenters. The van der Waals surface area contributed by atoms with Crippen molar-refractivity contribution in [3.8, 4) is 17.4 Å². The third kappa shape index (κ3) is 1.64. The highest BCUT2D eigenvalue weighted by molar-refractivity contribution is 5.91. The molecule has 25 heavy (non-hydrogen) atoms. The fourth-order valence-electron chi connectivity index (χ4n) is 4.66. The monoisotopic (exact) mass is 339 g/mol. The summed E-state index contributed by atoms with van der Waals surface area (Å²) in [5.41, 5.74) is 0.631. The topological polar surface area (TPSA) is 54.6 Å². The Morgan fingerprint density at radius 1 is 0.920 bits per heavy atom. The van der Waals surface area contributed by atoms with E-state index in [9.17, 15) is 14.6 Å². The minimum atomic E-state index is -0.604. The molecule has 1 saturated heterocycles. The van der Waals surface area contributed by atoms with Crippen molar-refractivity contribution >= 4 is 10.8 Å². The van der Waals surface area contributed by atoms with Gasteiger partial charge in [-0.05, 0) is 38.8 Å². The van der Waals surface area contributed by atoms with Gasteiger partial charge in [0.05, 0.1) is 28.0 Å². The molecule has 0 amide bonds. The molecule has 0 spiro atoms. The average Bonchev–Trinajstić information content (AvgIpc) is 3.12. The van der Waals surface area contributed by atoms with E-state index in [1.165, 1.54) is 10.6 Å². The Kier molecular flexibility index (Phi) is 2.57. The Morgan fingerprint density at radius 3 is 2.12 bits per heavy atom. The van der Waals surface area contributed by atoms with Crippen molar-refractivity contribution in [2.75, 3.05) is 0 Å². The summed E-state index contributed by atoms with van der Waals surface area (Å²) in [6, 6.07) is 9.99. The van der Waals surface area contributed by atoms with Crippen molar-refractivity contribution in [3.63, 3.8) is 0 Å². The Labute approximate surface area is 144 Å². The molecule has 5 heteroatoms. The van der Waals surface area contributed by atoms with Gasteiger partial charge >= 0.3 is 0 Å². The van der Waals surface area contributed by atoms with Gasteiger partial charge in [0.2, 0.25) is 11.8 Å². The Bertz CT molecular complexity index is 1020. The van der Waals surface area contributed by atoms with E-state index in [1.807, 2.05) is 13.8 Å². The van der Waals surface area contributed by atoms with Crippen molar-refractivity contribution < 1.29 is 19.3 Å². The van der Waals surface area contributed by atoms with Gasteiger partial charge in [-0.25, -0.2) is 4.39 Å². The van der Waals surface area contributed by atoms with Crippen molar-refractivity contribution in [1.82, 2.24) is 4.57 Å². The summed E-state index contributed by atoms with van der Waals surface area (Å²) >= 11 is 0. The van der Waals surface area contributed by atoms with Gasteiger partial charge in [-0.1, -0.05) is 24.3 Å². The van der Waals surface area contributed by atoms with Crippen LogP contribution in [0.5, 0.6) is 11.8 Å². The van der Waals surface area contributed by atoms with Crippen LogP contribution in [0.1, 0.15) is 37.8 Å². The lowest BCUT2D eigenvalue weighted by atomic mass is 9.80. The fraction of sp³-hybridized carbons (Fsp3) is 0.300. The van der Waals surface area contributed by atoms with Crippen LogP contribution in [0.2, 0.25) is 0 Å². The molecule has 3 heterocycles. The maximum Gasteiger partial charge on any atom is 0.205 e. The maximum atomic E-state index is 14.1. The molecule has 1 aromatic heterocycles. The second-order valence-corrected chi connectivity index (χ2v) is 7.41. The normalized spacial score (nSPS) is 27.2. The number of nitrogens with zero attached hydrogens (tertiary/aromatic N) is 1. The number of hydrogen-bond acceptors (Lipinski definition) is 3. The number of halogens is 1. The number of aromatic hydroxyl groups is 2. The molecule has 2 aromatic carbocycles.